The van der Waals surface area contributed by atoms with E-state index in [1.165, 1.54) is 5.56 Å². The molecule has 1 saturated heterocycles. The Morgan fingerprint density at radius 1 is 1.07 bits per heavy atom. The Labute approximate surface area is 168 Å². The number of aromatic nitrogens is 3. The highest BCUT2D eigenvalue weighted by atomic mass is 35.5. The van der Waals surface area contributed by atoms with Crippen molar-refractivity contribution in [3.8, 4) is 5.69 Å². The highest BCUT2D eigenvalue weighted by Crippen LogP contribution is 2.31. The topological polar surface area (TPSA) is 47.1 Å². The summed E-state index contributed by atoms with van der Waals surface area (Å²) in [7, 11) is 0. The molecule has 2 aromatic carbocycles. The second kappa shape index (κ2) is 7.41. The largest absolute Gasteiger partial charge is 0.440 e. The third kappa shape index (κ3) is 3.55. The van der Waals surface area contributed by atoms with Gasteiger partial charge in [-0.3, -0.25) is 4.90 Å². The van der Waals surface area contributed by atoms with E-state index < -0.39 is 0 Å². The molecule has 0 saturated carbocycles. The van der Waals surface area contributed by atoms with Crippen LogP contribution in [0, 0.1) is 0 Å². The average Bonchev–Trinajstić information content (AvgIpc) is 3.39. The van der Waals surface area contributed by atoms with Crippen molar-refractivity contribution in [1.29, 1.82) is 0 Å². The third-order valence-electron chi connectivity index (χ3n) is 5.41. The predicted molar refractivity (Wildman–Crippen MR) is 110 cm³/mol. The van der Waals surface area contributed by atoms with Gasteiger partial charge < -0.3 is 4.42 Å². The van der Waals surface area contributed by atoms with Gasteiger partial charge in [0, 0.05) is 29.9 Å². The van der Waals surface area contributed by atoms with Crippen LogP contribution in [0.3, 0.4) is 0 Å². The van der Waals surface area contributed by atoms with Gasteiger partial charge in [-0.15, -0.1) is 0 Å². The van der Waals surface area contributed by atoms with E-state index in [0.717, 1.165) is 55.2 Å². The zero-order valence-corrected chi connectivity index (χ0v) is 16.2. The molecule has 0 unspecified atom stereocenters. The summed E-state index contributed by atoms with van der Waals surface area (Å²) in [4.78, 5) is 7.16. The second-order valence-corrected chi connectivity index (χ2v) is 7.77. The molecular weight excluding hydrogens is 372 g/mol. The van der Waals surface area contributed by atoms with Crippen molar-refractivity contribution in [1.82, 2.24) is 19.7 Å². The Hall–Kier alpha value is -2.63. The highest BCUT2D eigenvalue weighted by Gasteiger charge is 2.24. The van der Waals surface area contributed by atoms with E-state index in [1.807, 2.05) is 35.1 Å². The third-order valence-corrected chi connectivity index (χ3v) is 5.65. The zero-order valence-electron chi connectivity index (χ0n) is 15.5. The van der Waals surface area contributed by atoms with Crippen molar-refractivity contribution in [2.45, 2.75) is 25.3 Å². The van der Waals surface area contributed by atoms with Gasteiger partial charge in [0.1, 0.15) is 5.52 Å². The Morgan fingerprint density at radius 3 is 2.64 bits per heavy atom. The number of likely N-dealkylation sites (tertiary alicyclic amines) is 1. The molecule has 6 heteroatoms. The van der Waals surface area contributed by atoms with E-state index in [4.69, 9.17) is 16.0 Å². The summed E-state index contributed by atoms with van der Waals surface area (Å²) in [5.41, 5.74) is 4.08. The molecular formula is C22H21ClN4O. The standard InChI is InChI=1S/C22H21ClN4O/c23-18-4-7-21-20(14-18)25-22(28-21)17-8-12-26(13-9-17)15-16-2-5-19(6-3-16)27-11-1-10-24-27/h1-7,10-11,14,17H,8-9,12-13,15H2. The van der Waals surface area contributed by atoms with Crippen LogP contribution in [0.1, 0.15) is 30.2 Å². The zero-order chi connectivity index (χ0) is 18.9. The van der Waals surface area contributed by atoms with Crippen molar-refractivity contribution < 1.29 is 4.42 Å². The normalized spacial score (nSPS) is 16.0. The summed E-state index contributed by atoms with van der Waals surface area (Å²) in [5.74, 6) is 1.23. The van der Waals surface area contributed by atoms with Crippen LogP contribution in [0.2, 0.25) is 5.02 Å². The van der Waals surface area contributed by atoms with Crippen molar-refractivity contribution in [3.05, 3.63) is 77.4 Å². The first-order valence-electron chi connectivity index (χ1n) is 9.62. The van der Waals surface area contributed by atoms with Crippen molar-refractivity contribution in [3.63, 3.8) is 0 Å². The smallest absolute Gasteiger partial charge is 0.198 e. The van der Waals surface area contributed by atoms with Gasteiger partial charge in [-0.25, -0.2) is 9.67 Å². The maximum Gasteiger partial charge on any atom is 0.198 e. The number of benzene rings is 2. The summed E-state index contributed by atoms with van der Waals surface area (Å²) in [5, 5.41) is 4.97. The molecule has 0 bridgehead atoms. The van der Waals surface area contributed by atoms with Crippen LogP contribution < -0.4 is 0 Å². The molecule has 1 fully saturated rings. The fraction of sp³-hybridized carbons (Fsp3) is 0.273. The summed E-state index contributed by atoms with van der Waals surface area (Å²) in [6.45, 7) is 3.06. The number of hydrogen-bond acceptors (Lipinski definition) is 4. The minimum atomic E-state index is 0.379. The molecule has 0 spiro atoms. The van der Waals surface area contributed by atoms with Crippen LogP contribution in [-0.2, 0) is 6.54 Å². The predicted octanol–water partition coefficient (Wildman–Crippen LogP) is 5.05. The number of hydrogen-bond donors (Lipinski definition) is 0. The Bertz CT molecular complexity index is 1060. The number of nitrogens with zero attached hydrogens (tertiary/aromatic N) is 4. The number of fused-ring (bicyclic) bond motifs is 1. The van der Waals surface area contributed by atoms with Crippen LogP contribution in [0.15, 0.2) is 65.3 Å². The van der Waals surface area contributed by atoms with Gasteiger partial charge in [0.05, 0.1) is 5.69 Å². The fourth-order valence-electron chi connectivity index (χ4n) is 3.86. The molecule has 1 aliphatic rings. The van der Waals surface area contributed by atoms with Crippen LogP contribution in [0.25, 0.3) is 16.8 Å². The molecule has 5 nitrogen and oxygen atoms in total. The van der Waals surface area contributed by atoms with Gasteiger partial charge in [-0.05, 0) is 67.9 Å². The molecule has 4 aromatic rings. The molecule has 0 N–H and O–H groups in total. The van der Waals surface area contributed by atoms with E-state index in [1.54, 1.807) is 6.20 Å². The molecule has 3 heterocycles. The first-order valence-corrected chi connectivity index (χ1v) is 10.00. The summed E-state index contributed by atoms with van der Waals surface area (Å²) >= 11 is 6.06. The highest BCUT2D eigenvalue weighted by molar-refractivity contribution is 6.31. The van der Waals surface area contributed by atoms with Gasteiger partial charge in [0.2, 0.25) is 0 Å². The fourth-order valence-corrected chi connectivity index (χ4v) is 4.03. The maximum absolute atomic E-state index is 6.06. The SMILES string of the molecule is Clc1ccc2oc(C3CCN(Cc4ccc(-n5cccn5)cc4)CC3)nc2c1. The van der Waals surface area contributed by atoms with Gasteiger partial charge in [-0.1, -0.05) is 23.7 Å². The van der Waals surface area contributed by atoms with E-state index >= 15 is 0 Å². The van der Waals surface area contributed by atoms with E-state index in [-0.39, 0.29) is 0 Å². The monoisotopic (exact) mass is 392 g/mol. The number of oxazole rings is 1. The molecule has 0 amide bonds. The van der Waals surface area contributed by atoms with Gasteiger partial charge in [0.25, 0.3) is 0 Å². The second-order valence-electron chi connectivity index (χ2n) is 7.33. The van der Waals surface area contributed by atoms with Gasteiger partial charge in [0.15, 0.2) is 11.5 Å². The molecule has 5 rings (SSSR count). The minimum absolute atomic E-state index is 0.379. The number of piperidine rings is 1. The first kappa shape index (κ1) is 17.5. The summed E-state index contributed by atoms with van der Waals surface area (Å²) in [6.07, 6.45) is 5.88. The van der Waals surface area contributed by atoms with Gasteiger partial charge >= 0.3 is 0 Å². The van der Waals surface area contributed by atoms with Crippen molar-refractivity contribution in [2.24, 2.45) is 0 Å². The molecule has 28 heavy (non-hydrogen) atoms. The van der Waals surface area contributed by atoms with Crippen LogP contribution >= 0.6 is 11.6 Å². The molecule has 0 radical (unpaired) electrons. The minimum Gasteiger partial charge on any atom is -0.440 e. The molecule has 0 aliphatic carbocycles. The average molecular weight is 393 g/mol. The Kier molecular flexibility index (Phi) is 4.63. The number of halogens is 1. The van der Waals surface area contributed by atoms with Crippen molar-refractivity contribution >= 4 is 22.7 Å². The lowest BCUT2D eigenvalue weighted by atomic mass is 9.96. The van der Waals surface area contributed by atoms with Crippen LogP contribution in [-0.4, -0.2) is 32.8 Å². The maximum atomic E-state index is 6.06. The lowest BCUT2D eigenvalue weighted by Gasteiger charge is -2.30. The lowest BCUT2D eigenvalue weighted by molar-refractivity contribution is 0.194. The van der Waals surface area contributed by atoms with E-state index in [0.29, 0.717) is 10.9 Å². The first-order chi connectivity index (χ1) is 13.7. The molecule has 2 aromatic heterocycles. The molecule has 142 valence electrons. The quantitative estimate of drug-likeness (QED) is 0.487. The Balaban J connectivity index is 1.21. The summed E-state index contributed by atoms with van der Waals surface area (Å²) in [6, 6.07) is 16.2. The molecule has 1 aliphatic heterocycles. The van der Waals surface area contributed by atoms with Crippen molar-refractivity contribution in [2.75, 3.05) is 13.1 Å². The van der Waals surface area contributed by atoms with Gasteiger partial charge in [-0.2, -0.15) is 5.10 Å². The molecule has 0 atom stereocenters. The van der Waals surface area contributed by atoms with E-state index in [2.05, 4.69) is 39.2 Å². The number of rotatable bonds is 4. The Morgan fingerprint density at radius 2 is 1.89 bits per heavy atom. The van der Waals surface area contributed by atoms with E-state index in [9.17, 15) is 0 Å². The van der Waals surface area contributed by atoms with Crippen LogP contribution in [0.5, 0.6) is 0 Å². The lowest BCUT2D eigenvalue weighted by Crippen LogP contribution is -2.32. The summed E-state index contributed by atoms with van der Waals surface area (Å²) < 4.78 is 7.85. The van der Waals surface area contributed by atoms with Crippen LogP contribution in [0.4, 0.5) is 0 Å².